The van der Waals surface area contributed by atoms with Crippen molar-refractivity contribution in [3.8, 4) is 0 Å². The summed E-state index contributed by atoms with van der Waals surface area (Å²) in [5.74, 6) is 0. The first-order valence-corrected chi connectivity index (χ1v) is 7.68. The largest absolute Gasteiger partial charge is 0.395 e. The number of aliphatic hydroxyl groups is 1. The Bertz CT molecular complexity index is 547. The highest BCUT2D eigenvalue weighted by molar-refractivity contribution is 9.10. The molecule has 0 aliphatic rings. The smallest absolute Gasteiger partial charge is 0.0587 e. The van der Waals surface area contributed by atoms with Gasteiger partial charge in [0, 0.05) is 17.1 Å². The van der Waals surface area contributed by atoms with Gasteiger partial charge < -0.3 is 10.4 Å². The fraction of sp³-hybridized carbons (Fsp3) is 0.250. The van der Waals surface area contributed by atoms with Crippen LogP contribution < -0.4 is 5.32 Å². The van der Waals surface area contributed by atoms with Gasteiger partial charge in [0.15, 0.2) is 0 Å². The fourth-order valence-electron chi connectivity index (χ4n) is 2.01. The molecule has 0 bridgehead atoms. The highest BCUT2D eigenvalue weighted by atomic mass is 79.9. The zero-order valence-electron chi connectivity index (χ0n) is 11.0. The number of hydrogen-bond acceptors (Lipinski definition) is 2. The topological polar surface area (TPSA) is 32.3 Å². The summed E-state index contributed by atoms with van der Waals surface area (Å²) in [6.45, 7) is 0.796. The molecule has 2 aromatic rings. The monoisotopic (exact) mass is 353 g/mol. The van der Waals surface area contributed by atoms with E-state index < -0.39 is 0 Å². The molecule has 0 saturated heterocycles. The number of halogens is 2. The molecule has 0 aliphatic carbocycles. The number of hydrogen-bond donors (Lipinski definition) is 2. The molecule has 1 atom stereocenters. The van der Waals surface area contributed by atoms with Crippen LogP contribution in [0.15, 0.2) is 53.0 Å². The normalized spacial score (nSPS) is 12.3. The van der Waals surface area contributed by atoms with Crippen LogP contribution >= 0.6 is 27.5 Å². The van der Waals surface area contributed by atoms with Crippen LogP contribution in [-0.4, -0.2) is 17.8 Å². The van der Waals surface area contributed by atoms with E-state index in [1.54, 1.807) is 0 Å². The summed E-state index contributed by atoms with van der Waals surface area (Å²) >= 11 is 9.44. The Morgan fingerprint density at radius 3 is 2.50 bits per heavy atom. The van der Waals surface area contributed by atoms with Gasteiger partial charge in [0.2, 0.25) is 0 Å². The maximum Gasteiger partial charge on any atom is 0.0587 e. The zero-order valence-corrected chi connectivity index (χ0v) is 13.4. The SMILES string of the molecule is OCC(Cc1ccccc1)NCc1ccc(Br)c(Cl)c1. The third kappa shape index (κ3) is 4.60. The average Bonchev–Trinajstić information content (AvgIpc) is 2.48. The summed E-state index contributed by atoms with van der Waals surface area (Å²) < 4.78 is 0.894. The summed E-state index contributed by atoms with van der Waals surface area (Å²) in [5.41, 5.74) is 2.32. The van der Waals surface area contributed by atoms with Crippen molar-refractivity contribution in [1.82, 2.24) is 5.32 Å². The minimum atomic E-state index is 0.0415. The second kappa shape index (κ2) is 7.79. The predicted octanol–water partition coefficient (Wildman–Crippen LogP) is 3.80. The zero-order chi connectivity index (χ0) is 14.4. The van der Waals surface area contributed by atoms with Crippen molar-refractivity contribution in [2.24, 2.45) is 0 Å². The Morgan fingerprint density at radius 2 is 1.85 bits per heavy atom. The Hall–Kier alpha value is -0.870. The Morgan fingerprint density at radius 1 is 1.10 bits per heavy atom. The van der Waals surface area contributed by atoms with E-state index in [0.717, 1.165) is 16.5 Å². The Labute approximate surface area is 132 Å². The molecule has 0 aromatic heterocycles. The van der Waals surface area contributed by atoms with E-state index in [1.165, 1.54) is 5.56 Å². The van der Waals surface area contributed by atoms with Crippen LogP contribution in [0.4, 0.5) is 0 Å². The summed E-state index contributed by atoms with van der Waals surface area (Å²) in [4.78, 5) is 0. The molecule has 0 aliphatic heterocycles. The predicted molar refractivity (Wildman–Crippen MR) is 87.0 cm³/mol. The van der Waals surface area contributed by atoms with Crippen molar-refractivity contribution >= 4 is 27.5 Å². The average molecular weight is 355 g/mol. The molecule has 106 valence electrons. The maximum absolute atomic E-state index is 9.47. The van der Waals surface area contributed by atoms with Crippen LogP contribution in [0.25, 0.3) is 0 Å². The third-order valence-corrected chi connectivity index (χ3v) is 4.36. The van der Waals surface area contributed by atoms with E-state index in [1.807, 2.05) is 36.4 Å². The molecule has 0 spiro atoms. The first kappa shape index (κ1) is 15.5. The van der Waals surface area contributed by atoms with Gasteiger partial charge in [0.25, 0.3) is 0 Å². The van der Waals surface area contributed by atoms with Crippen molar-refractivity contribution in [2.45, 2.75) is 19.0 Å². The van der Waals surface area contributed by atoms with E-state index in [4.69, 9.17) is 11.6 Å². The quantitative estimate of drug-likeness (QED) is 0.827. The Kier molecular flexibility index (Phi) is 6.05. The highest BCUT2D eigenvalue weighted by Crippen LogP contribution is 2.23. The molecule has 2 nitrogen and oxygen atoms in total. The molecule has 2 N–H and O–H groups in total. The van der Waals surface area contributed by atoms with E-state index >= 15 is 0 Å². The van der Waals surface area contributed by atoms with Gasteiger partial charge in [-0.1, -0.05) is 48.0 Å². The van der Waals surface area contributed by atoms with Gasteiger partial charge >= 0.3 is 0 Å². The number of benzene rings is 2. The van der Waals surface area contributed by atoms with Crippen molar-refractivity contribution < 1.29 is 5.11 Å². The summed E-state index contributed by atoms with van der Waals surface area (Å²) in [7, 11) is 0. The molecule has 1 unspecified atom stereocenters. The van der Waals surface area contributed by atoms with Gasteiger partial charge in [-0.3, -0.25) is 0 Å². The van der Waals surface area contributed by atoms with Crippen LogP contribution in [0.2, 0.25) is 5.02 Å². The summed E-state index contributed by atoms with van der Waals surface area (Å²) in [5, 5.41) is 13.5. The van der Waals surface area contributed by atoms with E-state index in [0.29, 0.717) is 11.6 Å². The second-order valence-electron chi connectivity index (χ2n) is 4.70. The molecule has 4 heteroatoms. The lowest BCUT2D eigenvalue weighted by atomic mass is 10.1. The minimum absolute atomic E-state index is 0.0415. The van der Waals surface area contributed by atoms with Gasteiger partial charge in [-0.15, -0.1) is 0 Å². The summed E-state index contributed by atoms with van der Waals surface area (Å²) in [6.07, 6.45) is 0.807. The Balaban J connectivity index is 1.92. The van der Waals surface area contributed by atoms with E-state index in [2.05, 4.69) is 33.4 Å². The molecule has 0 fully saturated rings. The maximum atomic E-state index is 9.47. The molecule has 20 heavy (non-hydrogen) atoms. The van der Waals surface area contributed by atoms with Crippen molar-refractivity contribution in [1.29, 1.82) is 0 Å². The molecule has 0 saturated carbocycles. The van der Waals surface area contributed by atoms with Gasteiger partial charge in [0.05, 0.1) is 11.6 Å². The highest BCUT2D eigenvalue weighted by Gasteiger charge is 2.08. The van der Waals surface area contributed by atoms with Gasteiger partial charge in [-0.05, 0) is 45.6 Å². The molecular weight excluding hydrogens is 338 g/mol. The third-order valence-electron chi connectivity index (χ3n) is 3.12. The van der Waals surface area contributed by atoms with Crippen LogP contribution in [0, 0.1) is 0 Å². The fourth-order valence-corrected chi connectivity index (χ4v) is 2.46. The van der Waals surface area contributed by atoms with Crippen LogP contribution in [-0.2, 0) is 13.0 Å². The standard InChI is InChI=1S/C16H17BrClNO/c17-15-7-6-13(9-16(15)18)10-19-14(11-20)8-12-4-2-1-3-5-12/h1-7,9,14,19-20H,8,10-11H2. The molecule has 2 rings (SSSR count). The lowest BCUT2D eigenvalue weighted by Gasteiger charge is -2.16. The van der Waals surface area contributed by atoms with Crippen molar-refractivity contribution in [2.75, 3.05) is 6.61 Å². The molecule has 0 heterocycles. The molecular formula is C16H17BrClNO. The van der Waals surface area contributed by atoms with Crippen LogP contribution in [0.1, 0.15) is 11.1 Å². The van der Waals surface area contributed by atoms with Crippen LogP contribution in [0.3, 0.4) is 0 Å². The molecule has 0 radical (unpaired) electrons. The summed E-state index contributed by atoms with van der Waals surface area (Å²) in [6, 6.07) is 16.1. The lowest BCUT2D eigenvalue weighted by Crippen LogP contribution is -2.34. The van der Waals surface area contributed by atoms with Gasteiger partial charge in [0.1, 0.15) is 0 Å². The molecule has 2 aromatic carbocycles. The van der Waals surface area contributed by atoms with Gasteiger partial charge in [-0.25, -0.2) is 0 Å². The minimum Gasteiger partial charge on any atom is -0.395 e. The lowest BCUT2D eigenvalue weighted by molar-refractivity contribution is 0.241. The second-order valence-corrected chi connectivity index (χ2v) is 5.96. The first-order chi connectivity index (χ1) is 9.69. The van der Waals surface area contributed by atoms with E-state index in [-0.39, 0.29) is 12.6 Å². The first-order valence-electron chi connectivity index (χ1n) is 6.51. The molecule has 0 amide bonds. The van der Waals surface area contributed by atoms with E-state index in [9.17, 15) is 5.11 Å². The van der Waals surface area contributed by atoms with Crippen molar-refractivity contribution in [3.63, 3.8) is 0 Å². The number of rotatable bonds is 6. The number of aliphatic hydroxyl groups excluding tert-OH is 1. The number of nitrogens with one attached hydrogen (secondary N) is 1. The van der Waals surface area contributed by atoms with Crippen LogP contribution in [0.5, 0.6) is 0 Å². The van der Waals surface area contributed by atoms with Gasteiger partial charge in [-0.2, -0.15) is 0 Å². The van der Waals surface area contributed by atoms with Crippen molar-refractivity contribution in [3.05, 3.63) is 69.2 Å².